The Labute approximate surface area is 151 Å². The van der Waals surface area contributed by atoms with Gasteiger partial charge in [0.15, 0.2) is 0 Å². The SMILES string of the molecule is Cc1nnnn1C(Cc1cccc(F)c1)C(=O)N(C)CC(=O)NC(C)C. The highest BCUT2D eigenvalue weighted by Gasteiger charge is 2.28. The topological polar surface area (TPSA) is 93.0 Å². The van der Waals surface area contributed by atoms with Gasteiger partial charge >= 0.3 is 0 Å². The highest BCUT2D eigenvalue weighted by Crippen LogP contribution is 2.18. The molecule has 0 saturated heterocycles. The summed E-state index contributed by atoms with van der Waals surface area (Å²) in [5.74, 6) is -0.510. The number of nitrogens with zero attached hydrogens (tertiary/aromatic N) is 5. The van der Waals surface area contributed by atoms with Crippen molar-refractivity contribution in [3.63, 3.8) is 0 Å². The highest BCUT2D eigenvalue weighted by molar-refractivity contribution is 5.86. The van der Waals surface area contributed by atoms with E-state index in [4.69, 9.17) is 0 Å². The van der Waals surface area contributed by atoms with Gasteiger partial charge in [-0.1, -0.05) is 12.1 Å². The van der Waals surface area contributed by atoms with Gasteiger partial charge in [-0.3, -0.25) is 9.59 Å². The molecule has 1 aromatic carbocycles. The first-order chi connectivity index (χ1) is 12.3. The molecule has 0 spiro atoms. The molecule has 2 aromatic rings. The molecule has 26 heavy (non-hydrogen) atoms. The fourth-order valence-corrected chi connectivity index (χ4v) is 2.61. The molecule has 0 bridgehead atoms. The number of tetrazole rings is 1. The Morgan fingerprint density at radius 1 is 1.35 bits per heavy atom. The second-order valence-corrected chi connectivity index (χ2v) is 6.44. The van der Waals surface area contributed by atoms with Crippen molar-refractivity contribution in [3.8, 4) is 0 Å². The second kappa shape index (κ2) is 8.50. The number of aromatic nitrogens is 4. The van der Waals surface area contributed by atoms with Crippen molar-refractivity contribution < 1.29 is 14.0 Å². The third-order valence-electron chi connectivity index (χ3n) is 3.76. The number of nitrogens with one attached hydrogen (secondary N) is 1. The molecule has 0 aliphatic carbocycles. The Bertz CT molecular complexity index is 776. The van der Waals surface area contributed by atoms with E-state index in [1.165, 1.54) is 21.7 Å². The van der Waals surface area contributed by atoms with Crippen LogP contribution < -0.4 is 5.32 Å². The van der Waals surface area contributed by atoms with Crippen LogP contribution >= 0.6 is 0 Å². The first-order valence-corrected chi connectivity index (χ1v) is 8.31. The van der Waals surface area contributed by atoms with E-state index in [0.717, 1.165) is 0 Å². The van der Waals surface area contributed by atoms with Crippen molar-refractivity contribution in [1.82, 2.24) is 30.4 Å². The summed E-state index contributed by atoms with van der Waals surface area (Å²) in [5.41, 5.74) is 0.637. The van der Waals surface area contributed by atoms with Crippen LogP contribution in [0, 0.1) is 12.7 Å². The Hall–Kier alpha value is -2.84. The minimum absolute atomic E-state index is 0.0177. The summed E-state index contributed by atoms with van der Waals surface area (Å²) < 4.78 is 14.9. The zero-order chi connectivity index (χ0) is 19.3. The number of hydrogen-bond donors (Lipinski definition) is 1. The van der Waals surface area contributed by atoms with Gasteiger partial charge in [0.1, 0.15) is 17.7 Å². The number of amides is 2. The molecule has 1 atom stereocenters. The molecule has 0 fully saturated rings. The van der Waals surface area contributed by atoms with Gasteiger partial charge in [-0.25, -0.2) is 9.07 Å². The average molecular weight is 362 g/mol. The molecular formula is C17H23FN6O2. The number of carbonyl (C=O) groups excluding carboxylic acids is 2. The van der Waals surface area contributed by atoms with Gasteiger partial charge in [-0.05, 0) is 48.9 Å². The van der Waals surface area contributed by atoms with Crippen LogP contribution in [-0.2, 0) is 16.0 Å². The molecule has 0 aliphatic heterocycles. The standard InChI is InChI=1S/C17H23FN6O2/c1-11(2)19-16(25)10-23(4)17(26)15(24-12(3)20-21-22-24)9-13-6-5-7-14(18)8-13/h5-8,11,15H,9-10H2,1-4H3,(H,19,25). The lowest BCUT2D eigenvalue weighted by molar-refractivity contribution is -0.137. The van der Waals surface area contributed by atoms with E-state index in [9.17, 15) is 14.0 Å². The molecule has 8 nitrogen and oxygen atoms in total. The Morgan fingerprint density at radius 2 is 2.08 bits per heavy atom. The Balaban J connectivity index is 2.21. The molecule has 140 valence electrons. The monoisotopic (exact) mass is 362 g/mol. The summed E-state index contributed by atoms with van der Waals surface area (Å²) >= 11 is 0. The van der Waals surface area contributed by atoms with E-state index in [0.29, 0.717) is 11.4 Å². The molecule has 0 saturated carbocycles. The first kappa shape index (κ1) is 19.5. The van der Waals surface area contributed by atoms with E-state index in [-0.39, 0.29) is 36.6 Å². The van der Waals surface area contributed by atoms with Gasteiger partial charge in [0.2, 0.25) is 11.8 Å². The third-order valence-corrected chi connectivity index (χ3v) is 3.76. The van der Waals surface area contributed by atoms with Gasteiger partial charge in [0.25, 0.3) is 0 Å². The van der Waals surface area contributed by atoms with E-state index < -0.39 is 6.04 Å². The molecular weight excluding hydrogens is 339 g/mol. The van der Waals surface area contributed by atoms with Gasteiger partial charge in [0.05, 0.1) is 6.54 Å². The number of hydrogen-bond acceptors (Lipinski definition) is 5. The van der Waals surface area contributed by atoms with Gasteiger partial charge in [0, 0.05) is 19.5 Å². The molecule has 1 heterocycles. The molecule has 9 heteroatoms. The van der Waals surface area contributed by atoms with Crippen molar-refractivity contribution in [2.45, 2.75) is 39.3 Å². The maximum atomic E-state index is 13.5. The number of benzene rings is 1. The van der Waals surface area contributed by atoms with E-state index in [1.807, 2.05) is 13.8 Å². The number of carbonyl (C=O) groups is 2. The van der Waals surface area contributed by atoms with Crippen LogP contribution in [-0.4, -0.2) is 56.6 Å². The largest absolute Gasteiger partial charge is 0.352 e. The molecule has 2 amide bonds. The lowest BCUT2D eigenvalue weighted by Gasteiger charge is -2.24. The van der Waals surface area contributed by atoms with Gasteiger partial charge in [-0.2, -0.15) is 0 Å². The summed E-state index contributed by atoms with van der Waals surface area (Å²) in [6.07, 6.45) is 0.207. The van der Waals surface area contributed by atoms with Crippen LogP contribution in [0.1, 0.15) is 31.3 Å². The van der Waals surface area contributed by atoms with Crippen LogP contribution in [0.25, 0.3) is 0 Å². The smallest absolute Gasteiger partial charge is 0.248 e. The van der Waals surface area contributed by atoms with Crippen molar-refractivity contribution >= 4 is 11.8 Å². The van der Waals surface area contributed by atoms with Crippen LogP contribution in [0.2, 0.25) is 0 Å². The van der Waals surface area contributed by atoms with Crippen molar-refractivity contribution in [1.29, 1.82) is 0 Å². The van der Waals surface area contributed by atoms with Crippen molar-refractivity contribution in [2.75, 3.05) is 13.6 Å². The molecule has 1 N–H and O–H groups in total. The maximum absolute atomic E-state index is 13.5. The fourth-order valence-electron chi connectivity index (χ4n) is 2.61. The molecule has 1 aromatic heterocycles. The molecule has 2 rings (SSSR count). The number of halogens is 1. The second-order valence-electron chi connectivity index (χ2n) is 6.44. The van der Waals surface area contributed by atoms with E-state index >= 15 is 0 Å². The van der Waals surface area contributed by atoms with E-state index in [2.05, 4.69) is 20.8 Å². The maximum Gasteiger partial charge on any atom is 0.248 e. The predicted octanol–water partition coefficient (Wildman–Crippen LogP) is 0.887. The lowest BCUT2D eigenvalue weighted by Crippen LogP contribution is -2.44. The quantitative estimate of drug-likeness (QED) is 0.789. The zero-order valence-electron chi connectivity index (χ0n) is 15.3. The van der Waals surface area contributed by atoms with Crippen LogP contribution in [0.4, 0.5) is 4.39 Å². The number of aryl methyl sites for hydroxylation is 1. The zero-order valence-corrected chi connectivity index (χ0v) is 15.3. The number of rotatable bonds is 7. The summed E-state index contributed by atoms with van der Waals surface area (Å²) in [7, 11) is 1.54. The van der Waals surface area contributed by atoms with Crippen LogP contribution in [0.15, 0.2) is 24.3 Å². The van der Waals surface area contributed by atoms with Crippen LogP contribution in [0.5, 0.6) is 0 Å². The summed E-state index contributed by atoms with van der Waals surface area (Å²) in [5, 5.41) is 14.0. The van der Waals surface area contributed by atoms with E-state index in [1.54, 1.807) is 26.1 Å². The van der Waals surface area contributed by atoms with Gasteiger partial charge < -0.3 is 10.2 Å². The van der Waals surface area contributed by atoms with Crippen LogP contribution in [0.3, 0.4) is 0 Å². The molecule has 1 unspecified atom stereocenters. The van der Waals surface area contributed by atoms with Gasteiger partial charge in [-0.15, -0.1) is 5.10 Å². The minimum atomic E-state index is -0.774. The Kier molecular flexibility index (Phi) is 6.37. The summed E-state index contributed by atoms with van der Waals surface area (Å²) in [4.78, 5) is 26.2. The lowest BCUT2D eigenvalue weighted by atomic mass is 10.0. The fraction of sp³-hybridized carbons (Fsp3) is 0.471. The molecule has 0 radical (unpaired) electrons. The molecule has 0 aliphatic rings. The summed E-state index contributed by atoms with van der Waals surface area (Å²) in [6, 6.07) is 5.23. The third kappa shape index (κ3) is 5.08. The Morgan fingerprint density at radius 3 is 2.65 bits per heavy atom. The highest BCUT2D eigenvalue weighted by atomic mass is 19.1. The van der Waals surface area contributed by atoms with Crippen molar-refractivity contribution in [3.05, 3.63) is 41.5 Å². The summed E-state index contributed by atoms with van der Waals surface area (Å²) in [6.45, 7) is 5.28. The average Bonchev–Trinajstić information content (AvgIpc) is 2.97. The first-order valence-electron chi connectivity index (χ1n) is 8.31. The number of likely N-dealkylation sites (N-methyl/N-ethyl adjacent to an activating group) is 1. The normalized spacial score (nSPS) is 12.1. The minimum Gasteiger partial charge on any atom is -0.352 e. The predicted molar refractivity (Wildman–Crippen MR) is 92.6 cm³/mol. The van der Waals surface area contributed by atoms with Crippen molar-refractivity contribution in [2.24, 2.45) is 0 Å².